The van der Waals surface area contributed by atoms with Crippen molar-refractivity contribution in [2.24, 2.45) is 0 Å². The van der Waals surface area contributed by atoms with Gasteiger partial charge in [-0.1, -0.05) is 36.8 Å². The minimum absolute atomic E-state index is 0.245. The molecular formula is C22H21NO3S. The molecule has 1 unspecified atom stereocenters. The molecule has 4 nitrogen and oxygen atoms in total. The summed E-state index contributed by atoms with van der Waals surface area (Å²) in [5.41, 5.74) is 1.61. The van der Waals surface area contributed by atoms with Gasteiger partial charge in [0, 0.05) is 28.3 Å². The summed E-state index contributed by atoms with van der Waals surface area (Å²) in [6, 6.07) is 8.62. The monoisotopic (exact) mass is 379 g/mol. The second kappa shape index (κ2) is 5.53. The van der Waals surface area contributed by atoms with Crippen LogP contribution in [0.1, 0.15) is 37.4 Å². The van der Waals surface area contributed by atoms with Gasteiger partial charge < -0.3 is 9.84 Å². The number of piperidine rings is 1. The Morgan fingerprint density at radius 2 is 2.19 bits per heavy atom. The van der Waals surface area contributed by atoms with E-state index in [0.29, 0.717) is 11.6 Å². The first-order valence-electron chi connectivity index (χ1n) is 9.75. The molecule has 2 bridgehead atoms. The van der Waals surface area contributed by atoms with Crippen molar-refractivity contribution in [3.63, 3.8) is 0 Å². The topological polar surface area (TPSA) is 49.8 Å². The Morgan fingerprint density at radius 3 is 3.11 bits per heavy atom. The quantitative estimate of drug-likeness (QED) is 0.808. The first-order valence-corrected chi connectivity index (χ1v) is 10.6. The summed E-state index contributed by atoms with van der Waals surface area (Å²) in [5.74, 6) is -0.342. The number of thiophene rings is 1. The van der Waals surface area contributed by atoms with Crippen molar-refractivity contribution in [3.8, 4) is 0 Å². The number of esters is 1. The molecule has 27 heavy (non-hydrogen) atoms. The predicted octanol–water partition coefficient (Wildman–Crippen LogP) is 3.72. The maximum atomic E-state index is 13.0. The molecule has 4 heterocycles. The van der Waals surface area contributed by atoms with Crippen LogP contribution in [0.5, 0.6) is 0 Å². The molecule has 1 aliphatic carbocycles. The van der Waals surface area contributed by atoms with E-state index in [1.165, 1.54) is 12.8 Å². The highest BCUT2D eigenvalue weighted by atomic mass is 32.1. The molecule has 0 amide bonds. The third kappa shape index (κ3) is 2.02. The molecule has 2 fully saturated rings. The van der Waals surface area contributed by atoms with E-state index in [1.54, 1.807) is 11.3 Å². The summed E-state index contributed by atoms with van der Waals surface area (Å²) in [4.78, 5) is 15.5. The number of nitrogens with zero attached hydrogens (tertiary/aromatic N) is 1. The molecule has 5 heteroatoms. The molecule has 6 rings (SSSR count). The van der Waals surface area contributed by atoms with E-state index in [9.17, 15) is 9.90 Å². The highest BCUT2D eigenvalue weighted by molar-refractivity contribution is 7.17. The molecule has 4 aliphatic rings. The van der Waals surface area contributed by atoms with Crippen LogP contribution in [-0.2, 0) is 9.53 Å². The molecule has 0 saturated carbocycles. The number of fused-ring (bicyclic) bond motifs is 4. The van der Waals surface area contributed by atoms with Gasteiger partial charge in [-0.25, -0.2) is 4.79 Å². The summed E-state index contributed by atoms with van der Waals surface area (Å²) in [5, 5.41) is 14.2. The fourth-order valence-corrected chi connectivity index (χ4v) is 6.65. The van der Waals surface area contributed by atoms with Crippen molar-refractivity contribution < 1.29 is 14.6 Å². The molecule has 1 N–H and O–H groups in total. The molecule has 4 atom stereocenters. The molecule has 1 spiro atoms. The van der Waals surface area contributed by atoms with Gasteiger partial charge in [0.15, 0.2) is 5.60 Å². The normalized spacial score (nSPS) is 33.3. The zero-order chi connectivity index (χ0) is 18.2. The lowest BCUT2D eigenvalue weighted by Crippen LogP contribution is -2.48. The standard InChI is InChI=1S/C22H21NO3S/c24-20(15-12-27-17-6-2-1-5-14(15)17)19-16-9-8-13-11-22(16,26-21(19)25)18-7-3-4-10-23(13)18/h1-2,5-6,8-9,12-13,18,20,24H,3-4,7,10-11H2/t13-,18+,20?,22+/m1/s1. The van der Waals surface area contributed by atoms with Gasteiger partial charge in [-0.05, 0) is 36.2 Å². The van der Waals surface area contributed by atoms with Crippen molar-refractivity contribution >= 4 is 27.4 Å². The Morgan fingerprint density at radius 1 is 1.30 bits per heavy atom. The van der Waals surface area contributed by atoms with Gasteiger partial charge in [-0.2, -0.15) is 0 Å². The number of hydrogen-bond acceptors (Lipinski definition) is 5. The van der Waals surface area contributed by atoms with Crippen LogP contribution in [0.3, 0.4) is 0 Å². The Balaban J connectivity index is 1.50. The molecule has 1 aromatic carbocycles. The first kappa shape index (κ1) is 16.0. The van der Waals surface area contributed by atoms with Crippen LogP contribution in [0.15, 0.2) is 52.9 Å². The summed E-state index contributed by atoms with van der Waals surface area (Å²) >= 11 is 1.60. The molecular weight excluding hydrogens is 358 g/mol. The SMILES string of the molecule is O=C1O[C@@]23C[C@@H](C=CC2=C1C(O)c1csc2ccccc12)N1CCCC[C@H]13. The van der Waals surface area contributed by atoms with E-state index in [1.807, 2.05) is 29.6 Å². The van der Waals surface area contributed by atoms with Crippen LogP contribution in [0.4, 0.5) is 0 Å². The maximum Gasteiger partial charge on any atom is 0.338 e. The van der Waals surface area contributed by atoms with Crippen LogP contribution in [-0.4, -0.2) is 40.2 Å². The average Bonchev–Trinajstić information content (AvgIpc) is 3.32. The predicted molar refractivity (Wildman–Crippen MR) is 105 cm³/mol. The van der Waals surface area contributed by atoms with Crippen molar-refractivity contribution in [2.45, 2.75) is 49.5 Å². The second-order valence-electron chi connectivity index (χ2n) is 8.08. The Bertz CT molecular complexity index is 1020. The minimum atomic E-state index is -0.943. The summed E-state index contributed by atoms with van der Waals surface area (Å²) in [7, 11) is 0. The van der Waals surface area contributed by atoms with Crippen LogP contribution < -0.4 is 0 Å². The average molecular weight is 379 g/mol. The van der Waals surface area contributed by atoms with E-state index < -0.39 is 11.7 Å². The summed E-state index contributed by atoms with van der Waals surface area (Å²) in [6.45, 7) is 1.07. The number of carbonyl (C=O) groups is 1. The van der Waals surface area contributed by atoms with Gasteiger partial charge >= 0.3 is 5.97 Å². The smallest absolute Gasteiger partial charge is 0.338 e. The zero-order valence-corrected chi connectivity index (χ0v) is 15.7. The van der Waals surface area contributed by atoms with E-state index in [4.69, 9.17) is 4.74 Å². The van der Waals surface area contributed by atoms with Gasteiger partial charge in [-0.3, -0.25) is 4.90 Å². The van der Waals surface area contributed by atoms with Crippen molar-refractivity contribution in [3.05, 3.63) is 58.5 Å². The third-order valence-electron chi connectivity index (χ3n) is 6.83. The molecule has 138 valence electrons. The molecule has 1 aromatic heterocycles. The van der Waals surface area contributed by atoms with E-state index >= 15 is 0 Å². The van der Waals surface area contributed by atoms with Gasteiger partial charge in [0.2, 0.25) is 0 Å². The minimum Gasteiger partial charge on any atom is -0.449 e. The van der Waals surface area contributed by atoms with E-state index in [0.717, 1.165) is 40.6 Å². The number of carbonyl (C=O) groups excluding carboxylic acids is 1. The maximum absolute atomic E-state index is 13.0. The second-order valence-corrected chi connectivity index (χ2v) is 8.99. The Hall–Kier alpha value is -1.95. The fraction of sp³-hybridized carbons (Fsp3) is 0.409. The molecule has 2 aromatic rings. The van der Waals surface area contributed by atoms with Gasteiger partial charge in [-0.15, -0.1) is 11.3 Å². The number of aliphatic hydroxyl groups excluding tert-OH is 1. The van der Waals surface area contributed by atoms with Crippen molar-refractivity contribution in [1.29, 1.82) is 0 Å². The van der Waals surface area contributed by atoms with Crippen LogP contribution >= 0.6 is 11.3 Å². The molecule has 3 aliphatic heterocycles. The van der Waals surface area contributed by atoms with Gasteiger partial charge in [0.1, 0.15) is 6.10 Å². The Labute approximate surface area is 161 Å². The van der Waals surface area contributed by atoms with E-state index in [-0.39, 0.29) is 12.0 Å². The largest absolute Gasteiger partial charge is 0.449 e. The van der Waals surface area contributed by atoms with Crippen LogP contribution in [0.25, 0.3) is 10.1 Å². The summed E-state index contributed by atoms with van der Waals surface area (Å²) < 4.78 is 7.22. The van der Waals surface area contributed by atoms with Gasteiger partial charge in [0.05, 0.1) is 11.6 Å². The molecule has 0 radical (unpaired) electrons. The summed E-state index contributed by atoms with van der Waals surface area (Å²) in [6.07, 6.45) is 7.59. The lowest BCUT2D eigenvalue weighted by atomic mass is 9.78. The van der Waals surface area contributed by atoms with Crippen molar-refractivity contribution in [1.82, 2.24) is 4.90 Å². The number of rotatable bonds is 2. The highest BCUT2D eigenvalue weighted by Gasteiger charge is 2.62. The first-order chi connectivity index (χ1) is 13.2. The van der Waals surface area contributed by atoms with Crippen LogP contribution in [0, 0.1) is 0 Å². The lowest BCUT2D eigenvalue weighted by molar-refractivity contribution is -0.150. The van der Waals surface area contributed by atoms with Crippen molar-refractivity contribution in [2.75, 3.05) is 6.54 Å². The number of hydrogen-bond donors (Lipinski definition) is 1. The Kier molecular flexibility index (Phi) is 3.29. The number of ether oxygens (including phenoxy) is 1. The highest BCUT2D eigenvalue weighted by Crippen LogP contribution is 2.54. The lowest BCUT2D eigenvalue weighted by Gasteiger charge is -2.37. The molecule has 2 saturated heterocycles. The fourth-order valence-electron chi connectivity index (χ4n) is 5.67. The number of benzene rings is 1. The third-order valence-corrected chi connectivity index (χ3v) is 7.81. The number of aliphatic hydroxyl groups is 1. The van der Waals surface area contributed by atoms with Crippen LogP contribution in [0.2, 0.25) is 0 Å². The van der Waals surface area contributed by atoms with E-state index in [2.05, 4.69) is 17.1 Å². The zero-order valence-electron chi connectivity index (χ0n) is 14.9. The van der Waals surface area contributed by atoms with Gasteiger partial charge in [0.25, 0.3) is 0 Å².